The van der Waals surface area contributed by atoms with Crippen LogP contribution in [0.15, 0.2) is 34.9 Å². The molecular formula is C12H8FNO4. The number of nitrogens with zero attached hydrogens (tertiary/aromatic N) is 1. The van der Waals surface area contributed by atoms with E-state index in [-0.39, 0.29) is 17.2 Å². The molecule has 0 unspecified atom stereocenters. The molecule has 92 valence electrons. The number of methoxy groups -OCH3 is 1. The van der Waals surface area contributed by atoms with Gasteiger partial charge in [-0.3, -0.25) is 4.79 Å². The summed E-state index contributed by atoms with van der Waals surface area (Å²) in [5.41, 5.74) is 0.0298. The van der Waals surface area contributed by atoms with E-state index in [1.807, 2.05) is 0 Å². The maximum Gasteiger partial charge on any atom is 0.373 e. The molecule has 2 rings (SSSR count). The molecule has 2 heterocycles. The van der Waals surface area contributed by atoms with Crippen LogP contribution in [0.25, 0.3) is 0 Å². The molecule has 0 N–H and O–H groups in total. The Labute approximate surface area is 101 Å². The van der Waals surface area contributed by atoms with Gasteiger partial charge in [-0.25, -0.2) is 14.2 Å². The summed E-state index contributed by atoms with van der Waals surface area (Å²) < 4.78 is 22.1. The number of carbonyl (C=O) groups excluding carboxylic acids is 2. The number of aromatic nitrogens is 1. The van der Waals surface area contributed by atoms with Crippen molar-refractivity contribution in [1.82, 2.24) is 4.98 Å². The predicted molar refractivity (Wildman–Crippen MR) is 57.7 cm³/mol. The third kappa shape index (κ3) is 2.27. The van der Waals surface area contributed by atoms with E-state index in [9.17, 15) is 14.0 Å². The Morgan fingerprint density at radius 3 is 2.56 bits per heavy atom. The van der Waals surface area contributed by atoms with E-state index in [1.165, 1.54) is 25.3 Å². The number of ketones is 1. The molecule has 6 heteroatoms. The van der Waals surface area contributed by atoms with Crippen LogP contribution < -0.4 is 0 Å². The molecule has 0 amide bonds. The SMILES string of the molecule is COC(=O)c1ccc(C(=O)c2ccc(F)cn2)o1. The quantitative estimate of drug-likeness (QED) is 0.613. The zero-order valence-electron chi connectivity index (χ0n) is 9.34. The van der Waals surface area contributed by atoms with E-state index in [2.05, 4.69) is 9.72 Å². The smallest absolute Gasteiger partial charge is 0.373 e. The van der Waals surface area contributed by atoms with Crippen molar-refractivity contribution in [2.75, 3.05) is 7.11 Å². The summed E-state index contributed by atoms with van der Waals surface area (Å²) in [5, 5.41) is 0. The summed E-state index contributed by atoms with van der Waals surface area (Å²) in [6.45, 7) is 0. The van der Waals surface area contributed by atoms with E-state index >= 15 is 0 Å². The van der Waals surface area contributed by atoms with Gasteiger partial charge in [-0.2, -0.15) is 0 Å². The Morgan fingerprint density at radius 2 is 1.94 bits per heavy atom. The largest absolute Gasteiger partial charge is 0.463 e. The summed E-state index contributed by atoms with van der Waals surface area (Å²) in [6, 6.07) is 5.00. The number of carbonyl (C=O) groups is 2. The van der Waals surface area contributed by atoms with Crippen molar-refractivity contribution in [2.45, 2.75) is 0 Å². The topological polar surface area (TPSA) is 69.4 Å². The summed E-state index contributed by atoms with van der Waals surface area (Å²) in [7, 11) is 1.20. The van der Waals surface area contributed by atoms with Gasteiger partial charge < -0.3 is 9.15 Å². The van der Waals surface area contributed by atoms with Crippen LogP contribution in [-0.2, 0) is 4.74 Å². The number of furan rings is 1. The van der Waals surface area contributed by atoms with Gasteiger partial charge in [-0.1, -0.05) is 0 Å². The van der Waals surface area contributed by atoms with Gasteiger partial charge in [0.25, 0.3) is 0 Å². The highest BCUT2D eigenvalue weighted by molar-refractivity contribution is 6.06. The van der Waals surface area contributed by atoms with Gasteiger partial charge in [0.05, 0.1) is 13.3 Å². The van der Waals surface area contributed by atoms with Crippen molar-refractivity contribution in [3.63, 3.8) is 0 Å². The van der Waals surface area contributed by atoms with Gasteiger partial charge >= 0.3 is 5.97 Å². The molecule has 0 bridgehead atoms. The summed E-state index contributed by atoms with van der Waals surface area (Å²) in [6.07, 6.45) is 0.928. The molecule has 0 atom stereocenters. The first-order valence-corrected chi connectivity index (χ1v) is 4.96. The lowest BCUT2D eigenvalue weighted by atomic mass is 10.2. The summed E-state index contributed by atoms with van der Waals surface area (Å²) >= 11 is 0. The Hall–Kier alpha value is -2.50. The van der Waals surface area contributed by atoms with E-state index in [0.717, 1.165) is 12.3 Å². The number of esters is 1. The second-order valence-corrected chi connectivity index (χ2v) is 3.35. The molecular weight excluding hydrogens is 241 g/mol. The monoisotopic (exact) mass is 249 g/mol. The summed E-state index contributed by atoms with van der Waals surface area (Å²) in [5.74, 6) is -1.90. The first-order chi connectivity index (χ1) is 8.61. The number of hydrogen-bond donors (Lipinski definition) is 0. The highest BCUT2D eigenvalue weighted by Gasteiger charge is 2.18. The average molecular weight is 249 g/mol. The lowest BCUT2D eigenvalue weighted by Crippen LogP contribution is -2.03. The molecule has 0 spiro atoms. The Kier molecular flexibility index (Phi) is 3.18. The van der Waals surface area contributed by atoms with Crippen molar-refractivity contribution < 1.29 is 23.1 Å². The van der Waals surface area contributed by atoms with Crippen LogP contribution in [0.2, 0.25) is 0 Å². The van der Waals surface area contributed by atoms with E-state index in [0.29, 0.717) is 0 Å². The molecule has 0 saturated heterocycles. The van der Waals surface area contributed by atoms with Gasteiger partial charge in [-0.15, -0.1) is 0 Å². The van der Waals surface area contributed by atoms with Crippen LogP contribution in [0, 0.1) is 5.82 Å². The molecule has 0 aromatic carbocycles. The normalized spacial score (nSPS) is 10.1. The predicted octanol–water partition coefficient (Wildman–Crippen LogP) is 1.83. The molecule has 0 aliphatic rings. The van der Waals surface area contributed by atoms with Crippen LogP contribution in [0.1, 0.15) is 26.8 Å². The van der Waals surface area contributed by atoms with Gasteiger partial charge in [0.2, 0.25) is 11.5 Å². The van der Waals surface area contributed by atoms with Gasteiger partial charge in [0.15, 0.2) is 5.76 Å². The van der Waals surface area contributed by atoms with Crippen LogP contribution in [0.3, 0.4) is 0 Å². The van der Waals surface area contributed by atoms with Crippen molar-refractivity contribution in [3.8, 4) is 0 Å². The number of rotatable bonds is 3. The Balaban J connectivity index is 2.26. The molecule has 0 radical (unpaired) electrons. The summed E-state index contributed by atoms with van der Waals surface area (Å²) in [4.78, 5) is 26.6. The second kappa shape index (κ2) is 4.79. The molecule has 2 aromatic heterocycles. The molecule has 2 aromatic rings. The zero-order chi connectivity index (χ0) is 13.1. The van der Waals surface area contributed by atoms with Crippen LogP contribution >= 0.6 is 0 Å². The minimum atomic E-state index is -0.680. The molecule has 0 saturated carbocycles. The zero-order valence-corrected chi connectivity index (χ0v) is 9.34. The Morgan fingerprint density at radius 1 is 1.22 bits per heavy atom. The third-order valence-corrected chi connectivity index (χ3v) is 2.18. The molecule has 0 fully saturated rings. The van der Waals surface area contributed by atoms with Crippen molar-refractivity contribution in [3.05, 3.63) is 53.5 Å². The first kappa shape index (κ1) is 12.0. The number of hydrogen-bond acceptors (Lipinski definition) is 5. The molecule has 0 aliphatic carbocycles. The first-order valence-electron chi connectivity index (χ1n) is 4.96. The molecule has 5 nitrogen and oxygen atoms in total. The number of ether oxygens (including phenoxy) is 1. The highest BCUT2D eigenvalue weighted by atomic mass is 19.1. The third-order valence-electron chi connectivity index (χ3n) is 2.18. The lowest BCUT2D eigenvalue weighted by Gasteiger charge is -1.96. The second-order valence-electron chi connectivity index (χ2n) is 3.35. The number of halogens is 1. The minimum Gasteiger partial charge on any atom is -0.463 e. The van der Waals surface area contributed by atoms with Crippen LogP contribution in [-0.4, -0.2) is 23.8 Å². The van der Waals surface area contributed by atoms with Crippen molar-refractivity contribution in [2.24, 2.45) is 0 Å². The van der Waals surface area contributed by atoms with Crippen molar-refractivity contribution in [1.29, 1.82) is 0 Å². The van der Waals surface area contributed by atoms with E-state index in [4.69, 9.17) is 4.42 Å². The van der Waals surface area contributed by atoms with E-state index in [1.54, 1.807) is 0 Å². The fourth-order valence-corrected chi connectivity index (χ4v) is 1.31. The fourth-order valence-electron chi connectivity index (χ4n) is 1.31. The molecule has 18 heavy (non-hydrogen) atoms. The maximum absolute atomic E-state index is 12.6. The fraction of sp³-hybridized carbons (Fsp3) is 0.0833. The van der Waals surface area contributed by atoms with Crippen LogP contribution in [0.5, 0.6) is 0 Å². The molecule has 0 aliphatic heterocycles. The number of pyridine rings is 1. The van der Waals surface area contributed by atoms with Crippen molar-refractivity contribution >= 4 is 11.8 Å². The van der Waals surface area contributed by atoms with Crippen LogP contribution in [0.4, 0.5) is 4.39 Å². The van der Waals surface area contributed by atoms with E-state index < -0.39 is 17.6 Å². The highest BCUT2D eigenvalue weighted by Crippen LogP contribution is 2.13. The lowest BCUT2D eigenvalue weighted by molar-refractivity contribution is 0.0563. The van der Waals surface area contributed by atoms with Gasteiger partial charge in [0, 0.05) is 0 Å². The standard InChI is InChI=1S/C12H8FNO4/c1-17-12(16)10-5-4-9(18-10)11(15)8-3-2-7(13)6-14-8/h2-6H,1H3. The minimum absolute atomic E-state index is 0.0298. The van der Waals surface area contributed by atoms with Gasteiger partial charge in [-0.05, 0) is 24.3 Å². The maximum atomic E-state index is 12.6. The average Bonchev–Trinajstić information content (AvgIpc) is 2.87. The Bertz CT molecular complexity index is 588. The van der Waals surface area contributed by atoms with Gasteiger partial charge in [0.1, 0.15) is 11.5 Å².